The van der Waals surface area contributed by atoms with Crippen molar-refractivity contribution in [1.82, 2.24) is 20.1 Å². The maximum atomic E-state index is 12.7. The second-order valence-corrected chi connectivity index (χ2v) is 7.95. The lowest BCUT2D eigenvalue weighted by molar-refractivity contribution is -0.111. The first kappa shape index (κ1) is 22.7. The smallest absolute Gasteiger partial charge is 0.253 e. The van der Waals surface area contributed by atoms with E-state index in [1.165, 1.54) is 6.08 Å². The highest BCUT2D eigenvalue weighted by molar-refractivity contribution is 6.07. The second kappa shape index (κ2) is 10.4. The van der Waals surface area contributed by atoms with Gasteiger partial charge in [0.05, 0.1) is 16.9 Å². The van der Waals surface area contributed by atoms with Crippen LogP contribution < -0.4 is 10.6 Å². The summed E-state index contributed by atoms with van der Waals surface area (Å²) in [5, 5.41) is 10.4. The van der Waals surface area contributed by atoms with Crippen molar-refractivity contribution >= 4 is 23.6 Å². The number of nitrogens with one attached hydrogen (secondary N) is 2. The minimum absolute atomic E-state index is 0.0109. The van der Waals surface area contributed by atoms with E-state index >= 15 is 0 Å². The van der Waals surface area contributed by atoms with Crippen LogP contribution >= 0.6 is 0 Å². The van der Waals surface area contributed by atoms with Crippen molar-refractivity contribution in [2.75, 3.05) is 5.32 Å². The molecule has 0 fully saturated rings. The molecule has 2 N–H and O–H groups in total. The first-order valence-electron chi connectivity index (χ1n) is 11.0. The third-order valence-electron chi connectivity index (χ3n) is 4.96. The van der Waals surface area contributed by atoms with Gasteiger partial charge in [-0.1, -0.05) is 30.3 Å². The molecule has 2 amide bonds. The number of hydrogen-bond donors (Lipinski definition) is 2. The van der Waals surface area contributed by atoms with Crippen LogP contribution in [0.5, 0.6) is 0 Å². The molecule has 0 atom stereocenters. The van der Waals surface area contributed by atoms with Crippen LogP contribution in [0.4, 0.5) is 5.69 Å². The lowest BCUT2D eigenvalue weighted by Crippen LogP contribution is -2.30. The Labute approximate surface area is 198 Å². The SMILES string of the molecule is CC(C)NC(=O)c1ccccc1NC(=O)/C=C/c1cn(-c2ccccc2)nc1-c1cccnc1. The molecule has 4 aromatic rings. The summed E-state index contributed by atoms with van der Waals surface area (Å²) in [6.45, 7) is 3.77. The largest absolute Gasteiger partial charge is 0.350 e. The number of carbonyl (C=O) groups is 2. The van der Waals surface area contributed by atoms with Crippen LogP contribution in [-0.4, -0.2) is 32.6 Å². The Morgan fingerprint density at radius 1 is 0.971 bits per heavy atom. The van der Waals surface area contributed by atoms with Gasteiger partial charge in [-0.3, -0.25) is 14.6 Å². The van der Waals surface area contributed by atoms with Crippen LogP contribution in [0.25, 0.3) is 23.0 Å². The van der Waals surface area contributed by atoms with E-state index in [0.29, 0.717) is 16.9 Å². The molecule has 0 aliphatic heterocycles. The predicted molar refractivity (Wildman–Crippen MR) is 134 cm³/mol. The molecule has 170 valence electrons. The molecule has 0 spiro atoms. The van der Waals surface area contributed by atoms with Gasteiger partial charge in [-0.05, 0) is 56.3 Å². The summed E-state index contributed by atoms with van der Waals surface area (Å²) in [5.41, 5.74) is 4.07. The number of aromatic nitrogens is 3. The van der Waals surface area contributed by atoms with E-state index in [1.54, 1.807) is 47.4 Å². The number of benzene rings is 2. The Morgan fingerprint density at radius 3 is 2.47 bits per heavy atom. The van der Waals surface area contributed by atoms with E-state index in [0.717, 1.165) is 16.8 Å². The van der Waals surface area contributed by atoms with Crippen molar-refractivity contribution in [2.24, 2.45) is 0 Å². The van der Waals surface area contributed by atoms with Gasteiger partial charge < -0.3 is 10.6 Å². The first-order chi connectivity index (χ1) is 16.5. The highest BCUT2D eigenvalue weighted by Gasteiger charge is 2.14. The molecule has 2 aromatic carbocycles. The fraction of sp³-hybridized carbons (Fsp3) is 0.111. The zero-order chi connectivity index (χ0) is 23.9. The lowest BCUT2D eigenvalue weighted by atomic mass is 10.1. The molecule has 7 nitrogen and oxygen atoms in total. The number of amides is 2. The van der Waals surface area contributed by atoms with E-state index in [-0.39, 0.29) is 17.9 Å². The number of rotatable bonds is 7. The van der Waals surface area contributed by atoms with Gasteiger partial charge in [-0.15, -0.1) is 0 Å². The van der Waals surface area contributed by atoms with Gasteiger partial charge in [0.15, 0.2) is 0 Å². The molecule has 0 saturated heterocycles. The van der Waals surface area contributed by atoms with Gasteiger partial charge in [0.1, 0.15) is 5.69 Å². The molecular formula is C27H25N5O2. The number of para-hydroxylation sites is 2. The first-order valence-corrected chi connectivity index (χ1v) is 11.0. The summed E-state index contributed by atoms with van der Waals surface area (Å²) >= 11 is 0. The average molecular weight is 452 g/mol. The monoisotopic (exact) mass is 451 g/mol. The van der Waals surface area contributed by atoms with Gasteiger partial charge in [-0.25, -0.2) is 4.68 Å². The van der Waals surface area contributed by atoms with E-state index in [4.69, 9.17) is 5.10 Å². The highest BCUT2D eigenvalue weighted by Crippen LogP contribution is 2.24. The predicted octanol–water partition coefficient (Wildman–Crippen LogP) is 4.72. The number of pyridine rings is 1. The normalized spacial score (nSPS) is 11.0. The van der Waals surface area contributed by atoms with Crippen molar-refractivity contribution < 1.29 is 9.59 Å². The molecule has 7 heteroatoms. The minimum Gasteiger partial charge on any atom is -0.350 e. The topological polar surface area (TPSA) is 88.9 Å². The molecular weight excluding hydrogens is 426 g/mol. The summed E-state index contributed by atoms with van der Waals surface area (Å²) in [6, 6.07) is 20.4. The summed E-state index contributed by atoms with van der Waals surface area (Å²) in [5.74, 6) is -0.590. The average Bonchev–Trinajstić information content (AvgIpc) is 3.28. The third kappa shape index (κ3) is 5.45. The van der Waals surface area contributed by atoms with E-state index < -0.39 is 0 Å². The van der Waals surface area contributed by atoms with Gasteiger partial charge in [0, 0.05) is 41.8 Å². The van der Waals surface area contributed by atoms with Crippen LogP contribution in [0.3, 0.4) is 0 Å². The number of carbonyl (C=O) groups excluding carboxylic acids is 2. The van der Waals surface area contributed by atoms with Gasteiger partial charge in [0.25, 0.3) is 5.91 Å². The molecule has 0 aliphatic rings. The third-order valence-corrected chi connectivity index (χ3v) is 4.96. The van der Waals surface area contributed by atoms with Crippen molar-refractivity contribution in [2.45, 2.75) is 19.9 Å². The molecule has 2 aromatic heterocycles. The molecule has 4 rings (SSSR count). The minimum atomic E-state index is -0.352. The molecule has 0 saturated carbocycles. The quantitative estimate of drug-likeness (QED) is 0.398. The maximum absolute atomic E-state index is 12.7. The van der Waals surface area contributed by atoms with Crippen molar-refractivity contribution in [3.63, 3.8) is 0 Å². The van der Waals surface area contributed by atoms with Crippen LogP contribution in [0.1, 0.15) is 29.8 Å². The highest BCUT2D eigenvalue weighted by atomic mass is 16.2. The summed E-state index contributed by atoms with van der Waals surface area (Å²) in [6.07, 6.45) is 8.45. The summed E-state index contributed by atoms with van der Waals surface area (Å²) < 4.78 is 1.77. The Morgan fingerprint density at radius 2 is 1.74 bits per heavy atom. The standard InChI is InChI=1S/C27H25N5O2/c1-19(2)29-27(34)23-12-6-7-13-24(23)30-25(33)15-14-21-18-32(22-10-4-3-5-11-22)31-26(21)20-9-8-16-28-17-20/h3-19H,1-2H3,(H,29,34)(H,30,33)/b15-14+. The second-order valence-electron chi connectivity index (χ2n) is 7.95. The molecule has 2 heterocycles. The fourth-order valence-electron chi connectivity index (χ4n) is 3.42. The lowest BCUT2D eigenvalue weighted by Gasteiger charge is -2.12. The van der Waals surface area contributed by atoms with Crippen molar-refractivity contribution in [3.05, 3.63) is 103 Å². The van der Waals surface area contributed by atoms with E-state index in [9.17, 15) is 9.59 Å². The zero-order valence-electron chi connectivity index (χ0n) is 19.0. The van der Waals surface area contributed by atoms with Crippen LogP contribution in [0.2, 0.25) is 0 Å². The van der Waals surface area contributed by atoms with Gasteiger partial charge >= 0.3 is 0 Å². The van der Waals surface area contributed by atoms with E-state index in [1.807, 2.05) is 62.5 Å². The molecule has 0 aliphatic carbocycles. The molecule has 34 heavy (non-hydrogen) atoms. The molecule has 0 bridgehead atoms. The molecule has 0 radical (unpaired) electrons. The van der Waals surface area contributed by atoms with Crippen molar-refractivity contribution in [1.29, 1.82) is 0 Å². The number of anilines is 1. The van der Waals surface area contributed by atoms with Crippen LogP contribution in [0, 0.1) is 0 Å². The fourth-order valence-corrected chi connectivity index (χ4v) is 3.42. The van der Waals surface area contributed by atoms with Crippen LogP contribution in [-0.2, 0) is 4.79 Å². The Bertz CT molecular complexity index is 1310. The summed E-state index contributed by atoms with van der Waals surface area (Å²) in [7, 11) is 0. The van der Waals surface area contributed by atoms with Crippen LogP contribution in [0.15, 0.2) is 91.4 Å². The Hall–Kier alpha value is -4.52. The van der Waals surface area contributed by atoms with E-state index in [2.05, 4.69) is 15.6 Å². The van der Waals surface area contributed by atoms with Gasteiger partial charge in [-0.2, -0.15) is 5.10 Å². The maximum Gasteiger partial charge on any atom is 0.253 e. The van der Waals surface area contributed by atoms with Crippen molar-refractivity contribution in [3.8, 4) is 16.9 Å². The number of nitrogens with zero attached hydrogens (tertiary/aromatic N) is 3. The molecule has 0 unspecified atom stereocenters. The summed E-state index contributed by atoms with van der Waals surface area (Å²) in [4.78, 5) is 29.4. The number of hydrogen-bond acceptors (Lipinski definition) is 4. The zero-order valence-corrected chi connectivity index (χ0v) is 19.0. The van der Waals surface area contributed by atoms with Gasteiger partial charge in [0.2, 0.25) is 5.91 Å². The Balaban J connectivity index is 1.60. The Kier molecular flexibility index (Phi) is 6.93.